The molecule has 0 unspecified atom stereocenters. The van der Waals surface area contributed by atoms with E-state index >= 15 is 0 Å². The molecule has 0 spiro atoms. The highest BCUT2D eigenvalue weighted by Gasteiger charge is 2.16. The van der Waals surface area contributed by atoms with Gasteiger partial charge in [0, 0.05) is 26.6 Å². The summed E-state index contributed by atoms with van der Waals surface area (Å²) in [6.45, 7) is 7.85. The normalized spacial score (nSPS) is 11.7. The summed E-state index contributed by atoms with van der Waals surface area (Å²) in [6, 6.07) is 6.20. The van der Waals surface area contributed by atoms with Crippen LogP contribution in [0.25, 0.3) is 0 Å². The zero-order valence-electron chi connectivity index (χ0n) is 15.6. The monoisotopic (exact) mass is 385 g/mol. The fourth-order valence-corrected chi connectivity index (χ4v) is 2.66. The lowest BCUT2D eigenvalue weighted by Crippen LogP contribution is -2.40. The Labute approximate surface area is 154 Å². The molecule has 0 aliphatic carbocycles. The predicted octanol–water partition coefficient (Wildman–Crippen LogP) is 1.25. The third-order valence-corrected chi connectivity index (χ3v) is 4.35. The molecular weight excluding hydrogens is 358 g/mol. The van der Waals surface area contributed by atoms with Crippen LogP contribution in [0.1, 0.15) is 33.3 Å². The fourth-order valence-electron chi connectivity index (χ4n) is 2.14. The number of carbonyl (C=O) groups is 2. The maximum atomic E-state index is 11.7. The lowest BCUT2D eigenvalue weighted by atomic mass is 10.1. The zero-order chi connectivity index (χ0) is 20.0. The minimum Gasteiger partial charge on any atom is -0.444 e. The molecule has 0 heterocycles. The van der Waals surface area contributed by atoms with E-state index in [-0.39, 0.29) is 17.3 Å². The number of rotatable bonds is 7. The SMILES string of the molecule is CC(=O)N(CCNC(=O)OC(C)(C)C)CCc1ccc(S(N)(=O)=O)cc1. The first kappa shape index (κ1) is 21.9. The second kappa shape index (κ2) is 9.00. The Bertz CT molecular complexity index is 724. The molecule has 9 heteroatoms. The summed E-state index contributed by atoms with van der Waals surface area (Å²) < 4.78 is 27.6. The third kappa shape index (κ3) is 8.30. The van der Waals surface area contributed by atoms with Gasteiger partial charge in [-0.05, 0) is 44.9 Å². The maximum absolute atomic E-state index is 11.7. The summed E-state index contributed by atoms with van der Waals surface area (Å²) in [5.41, 5.74) is 0.303. The molecule has 8 nitrogen and oxygen atoms in total. The highest BCUT2D eigenvalue weighted by atomic mass is 32.2. The summed E-state index contributed by atoms with van der Waals surface area (Å²) in [5, 5.41) is 7.67. The van der Waals surface area contributed by atoms with Gasteiger partial charge in [0.15, 0.2) is 0 Å². The first-order valence-electron chi connectivity index (χ1n) is 8.22. The molecule has 0 saturated carbocycles. The smallest absolute Gasteiger partial charge is 0.407 e. The van der Waals surface area contributed by atoms with Crippen molar-refractivity contribution in [1.29, 1.82) is 0 Å². The number of nitrogens with two attached hydrogens (primary N) is 1. The number of alkyl carbamates (subject to hydrolysis) is 1. The first-order valence-corrected chi connectivity index (χ1v) is 9.77. The molecule has 26 heavy (non-hydrogen) atoms. The second-order valence-corrected chi connectivity index (χ2v) is 8.44. The van der Waals surface area contributed by atoms with Gasteiger partial charge >= 0.3 is 6.09 Å². The van der Waals surface area contributed by atoms with E-state index in [1.165, 1.54) is 19.1 Å². The quantitative estimate of drug-likeness (QED) is 0.732. The molecule has 0 fully saturated rings. The molecule has 3 N–H and O–H groups in total. The van der Waals surface area contributed by atoms with Crippen LogP contribution >= 0.6 is 0 Å². The van der Waals surface area contributed by atoms with Crippen LogP contribution in [0.3, 0.4) is 0 Å². The summed E-state index contributed by atoms with van der Waals surface area (Å²) in [7, 11) is -3.71. The molecule has 0 aromatic heterocycles. The van der Waals surface area contributed by atoms with Crippen molar-refractivity contribution in [2.24, 2.45) is 5.14 Å². The van der Waals surface area contributed by atoms with Crippen molar-refractivity contribution in [3.8, 4) is 0 Å². The summed E-state index contributed by atoms with van der Waals surface area (Å²) >= 11 is 0. The summed E-state index contributed by atoms with van der Waals surface area (Å²) in [4.78, 5) is 25.0. The molecule has 0 radical (unpaired) electrons. The number of ether oxygens (including phenoxy) is 1. The Morgan fingerprint density at radius 2 is 1.73 bits per heavy atom. The molecule has 0 aliphatic heterocycles. The molecule has 0 bridgehead atoms. The van der Waals surface area contributed by atoms with Gasteiger partial charge in [-0.2, -0.15) is 0 Å². The molecular formula is C17H27N3O5S. The van der Waals surface area contributed by atoms with Gasteiger partial charge in [-0.1, -0.05) is 12.1 Å². The molecule has 1 rings (SSSR count). The molecule has 0 saturated heterocycles. The van der Waals surface area contributed by atoms with Crippen LogP contribution in [0.5, 0.6) is 0 Å². The van der Waals surface area contributed by atoms with Gasteiger partial charge in [-0.3, -0.25) is 4.79 Å². The van der Waals surface area contributed by atoms with Gasteiger partial charge in [-0.25, -0.2) is 18.4 Å². The van der Waals surface area contributed by atoms with Gasteiger partial charge in [0.2, 0.25) is 15.9 Å². The van der Waals surface area contributed by atoms with Crippen LogP contribution in [0.2, 0.25) is 0 Å². The van der Waals surface area contributed by atoms with Crippen LogP contribution in [0.4, 0.5) is 4.79 Å². The molecule has 146 valence electrons. The average Bonchev–Trinajstić information content (AvgIpc) is 2.48. The van der Waals surface area contributed by atoms with Crippen molar-refractivity contribution < 1.29 is 22.7 Å². The molecule has 0 atom stereocenters. The number of nitrogens with one attached hydrogen (secondary N) is 1. The molecule has 0 aliphatic rings. The largest absolute Gasteiger partial charge is 0.444 e. The third-order valence-electron chi connectivity index (χ3n) is 3.42. The number of amides is 2. The van der Waals surface area contributed by atoms with Crippen LogP contribution < -0.4 is 10.5 Å². The minimum absolute atomic E-state index is 0.0474. The molecule has 1 aromatic carbocycles. The van der Waals surface area contributed by atoms with Crippen molar-refractivity contribution in [3.63, 3.8) is 0 Å². The first-order chi connectivity index (χ1) is 11.9. The van der Waals surface area contributed by atoms with E-state index in [2.05, 4.69) is 5.32 Å². The van der Waals surface area contributed by atoms with Crippen LogP contribution in [0.15, 0.2) is 29.2 Å². The number of carbonyl (C=O) groups excluding carboxylic acids is 2. The van der Waals surface area contributed by atoms with Crippen molar-refractivity contribution in [3.05, 3.63) is 29.8 Å². The summed E-state index contributed by atoms with van der Waals surface area (Å²) in [6.07, 6.45) is 0.0243. The van der Waals surface area contributed by atoms with Crippen LogP contribution in [-0.4, -0.2) is 50.6 Å². The van der Waals surface area contributed by atoms with E-state index in [1.807, 2.05) is 0 Å². The highest BCUT2D eigenvalue weighted by Crippen LogP contribution is 2.10. The highest BCUT2D eigenvalue weighted by molar-refractivity contribution is 7.89. The van der Waals surface area contributed by atoms with E-state index < -0.39 is 21.7 Å². The van der Waals surface area contributed by atoms with E-state index in [0.29, 0.717) is 19.5 Å². The van der Waals surface area contributed by atoms with Gasteiger partial charge in [-0.15, -0.1) is 0 Å². The Morgan fingerprint density at radius 3 is 2.19 bits per heavy atom. The van der Waals surface area contributed by atoms with Gasteiger partial charge < -0.3 is 15.0 Å². The average molecular weight is 385 g/mol. The van der Waals surface area contributed by atoms with Crippen LogP contribution in [0, 0.1) is 0 Å². The van der Waals surface area contributed by atoms with E-state index in [9.17, 15) is 18.0 Å². The topological polar surface area (TPSA) is 119 Å². The van der Waals surface area contributed by atoms with E-state index in [1.54, 1.807) is 37.8 Å². The zero-order valence-corrected chi connectivity index (χ0v) is 16.4. The number of hydrogen-bond acceptors (Lipinski definition) is 5. The summed E-state index contributed by atoms with van der Waals surface area (Å²) in [5.74, 6) is -0.114. The Balaban J connectivity index is 2.51. The predicted molar refractivity (Wildman–Crippen MR) is 98.0 cm³/mol. The number of sulfonamides is 1. The number of hydrogen-bond donors (Lipinski definition) is 2. The molecule has 2 amide bonds. The fraction of sp³-hybridized carbons (Fsp3) is 0.529. The van der Waals surface area contributed by atoms with Crippen molar-refractivity contribution in [2.75, 3.05) is 19.6 Å². The van der Waals surface area contributed by atoms with Crippen molar-refractivity contribution >= 4 is 22.0 Å². The number of nitrogens with zero attached hydrogens (tertiary/aromatic N) is 1. The number of benzene rings is 1. The van der Waals surface area contributed by atoms with E-state index in [4.69, 9.17) is 9.88 Å². The van der Waals surface area contributed by atoms with Gasteiger partial charge in [0.25, 0.3) is 0 Å². The maximum Gasteiger partial charge on any atom is 0.407 e. The van der Waals surface area contributed by atoms with Gasteiger partial charge in [0.1, 0.15) is 5.60 Å². The Morgan fingerprint density at radius 1 is 1.15 bits per heavy atom. The van der Waals surface area contributed by atoms with E-state index in [0.717, 1.165) is 5.56 Å². The van der Waals surface area contributed by atoms with Crippen molar-refractivity contribution in [1.82, 2.24) is 10.2 Å². The lowest BCUT2D eigenvalue weighted by Gasteiger charge is -2.23. The van der Waals surface area contributed by atoms with Gasteiger partial charge in [0.05, 0.1) is 4.90 Å². The Hall–Kier alpha value is -2.13. The number of primary sulfonamides is 1. The Kier molecular flexibility index (Phi) is 7.58. The van der Waals surface area contributed by atoms with Crippen molar-refractivity contribution in [2.45, 2.75) is 44.6 Å². The van der Waals surface area contributed by atoms with Crippen LogP contribution in [-0.2, 0) is 26.0 Å². The lowest BCUT2D eigenvalue weighted by molar-refractivity contribution is -0.128. The second-order valence-electron chi connectivity index (χ2n) is 6.87. The molecule has 1 aromatic rings. The minimum atomic E-state index is -3.71. The standard InChI is InChI=1S/C17H27N3O5S/c1-13(21)20(12-10-19-16(22)25-17(2,3)4)11-9-14-5-7-15(8-6-14)26(18,23)24/h5-8H,9-12H2,1-4H3,(H,19,22)(H2,18,23,24).